The summed E-state index contributed by atoms with van der Waals surface area (Å²) in [6.07, 6.45) is 0.951. The molecule has 0 unspecified atom stereocenters. The molecular weight excluding hydrogens is 348 g/mol. The van der Waals surface area contributed by atoms with Crippen LogP contribution in [0.15, 0.2) is 53.6 Å². The van der Waals surface area contributed by atoms with Crippen molar-refractivity contribution in [1.82, 2.24) is 5.43 Å². The van der Waals surface area contributed by atoms with E-state index < -0.39 is 0 Å². The van der Waals surface area contributed by atoms with E-state index in [1.54, 1.807) is 26.0 Å². The molecule has 2 aromatic rings. The van der Waals surface area contributed by atoms with Crippen LogP contribution in [0.2, 0.25) is 0 Å². The number of thioether (sulfide) groups is 1. The summed E-state index contributed by atoms with van der Waals surface area (Å²) in [4.78, 5) is 11.9. The molecule has 0 aromatic heterocycles. The van der Waals surface area contributed by atoms with E-state index in [-0.39, 0.29) is 5.91 Å². The minimum atomic E-state index is -0.108. The van der Waals surface area contributed by atoms with Crippen LogP contribution in [0.4, 0.5) is 0 Å². The van der Waals surface area contributed by atoms with Crippen molar-refractivity contribution in [3.63, 3.8) is 0 Å². The fraction of sp³-hybridized carbons (Fsp3) is 0.300. The average molecular weight is 372 g/mol. The molecule has 0 atom stereocenters. The number of benzene rings is 2. The van der Waals surface area contributed by atoms with Crippen molar-refractivity contribution in [1.29, 1.82) is 0 Å². The molecule has 0 fully saturated rings. The Morgan fingerprint density at radius 1 is 1.08 bits per heavy atom. The van der Waals surface area contributed by atoms with Crippen molar-refractivity contribution < 1.29 is 14.3 Å². The highest BCUT2D eigenvalue weighted by atomic mass is 32.2. The van der Waals surface area contributed by atoms with Gasteiger partial charge in [-0.25, -0.2) is 5.43 Å². The molecule has 0 saturated carbocycles. The van der Waals surface area contributed by atoms with Crippen molar-refractivity contribution >= 4 is 23.4 Å². The molecule has 5 nitrogen and oxygen atoms in total. The number of methoxy groups -OCH3 is 2. The normalized spacial score (nSPS) is 11.1. The first-order valence-electron chi connectivity index (χ1n) is 8.31. The summed E-state index contributed by atoms with van der Waals surface area (Å²) < 4.78 is 10.5. The molecule has 138 valence electrons. The maximum atomic E-state index is 11.9. The lowest BCUT2D eigenvalue weighted by Crippen LogP contribution is -2.21. The van der Waals surface area contributed by atoms with E-state index in [1.165, 1.54) is 5.56 Å². The summed E-state index contributed by atoms with van der Waals surface area (Å²) in [6, 6.07) is 15.8. The first-order chi connectivity index (χ1) is 12.6. The quantitative estimate of drug-likeness (QED) is 0.416. The zero-order chi connectivity index (χ0) is 18.8. The highest BCUT2D eigenvalue weighted by molar-refractivity contribution is 7.99. The second-order valence-electron chi connectivity index (χ2n) is 5.59. The first-order valence-corrected chi connectivity index (χ1v) is 9.46. The van der Waals surface area contributed by atoms with E-state index in [2.05, 4.69) is 22.7 Å². The highest BCUT2D eigenvalue weighted by Crippen LogP contribution is 2.27. The lowest BCUT2D eigenvalue weighted by molar-refractivity contribution is -0.118. The Morgan fingerprint density at radius 2 is 1.81 bits per heavy atom. The number of ether oxygens (including phenoxy) is 2. The van der Waals surface area contributed by atoms with Gasteiger partial charge in [0, 0.05) is 5.56 Å². The van der Waals surface area contributed by atoms with Gasteiger partial charge in [0.2, 0.25) is 5.91 Å². The number of aryl methyl sites for hydroxylation is 1. The van der Waals surface area contributed by atoms with Gasteiger partial charge in [0.15, 0.2) is 11.5 Å². The molecule has 1 amide bonds. The molecule has 0 saturated heterocycles. The van der Waals surface area contributed by atoms with Gasteiger partial charge in [0.05, 0.1) is 25.7 Å². The van der Waals surface area contributed by atoms with Crippen molar-refractivity contribution in [2.24, 2.45) is 5.10 Å². The smallest absolute Gasteiger partial charge is 0.250 e. The van der Waals surface area contributed by atoms with Crippen molar-refractivity contribution in [2.75, 3.05) is 25.7 Å². The predicted molar refractivity (Wildman–Crippen MR) is 107 cm³/mol. The Labute approximate surface area is 158 Å². The highest BCUT2D eigenvalue weighted by Gasteiger charge is 2.07. The molecule has 2 aromatic carbocycles. The van der Waals surface area contributed by atoms with Crippen LogP contribution >= 0.6 is 11.8 Å². The van der Waals surface area contributed by atoms with Crippen molar-refractivity contribution in [3.8, 4) is 11.5 Å². The summed E-state index contributed by atoms with van der Waals surface area (Å²) in [5.74, 6) is 2.46. The Hall–Kier alpha value is -2.47. The van der Waals surface area contributed by atoms with Gasteiger partial charge >= 0.3 is 0 Å². The zero-order valence-electron chi connectivity index (χ0n) is 15.3. The Bertz CT molecular complexity index is 748. The number of nitrogens with one attached hydrogen (secondary N) is 1. The number of hydrogen-bond acceptors (Lipinski definition) is 5. The van der Waals surface area contributed by atoms with Gasteiger partial charge in [-0.15, -0.1) is 0 Å². The third-order valence-corrected chi connectivity index (χ3v) is 4.72. The SMILES string of the molecule is COc1ccc(/C(C)=N\NC(=O)CSCCc2ccccc2)cc1OC. The Kier molecular flexibility index (Phi) is 8.02. The van der Waals surface area contributed by atoms with E-state index in [1.807, 2.05) is 43.3 Å². The van der Waals surface area contributed by atoms with E-state index >= 15 is 0 Å². The number of carbonyl (C=O) groups excluding carboxylic acids is 1. The number of carbonyl (C=O) groups is 1. The molecule has 0 aliphatic carbocycles. The van der Waals surface area contributed by atoms with Gasteiger partial charge in [-0.1, -0.05) is 30.3 Å². The van der Waals surface area contributed by atoms with Crippen LogP contribution < -0.4 is 14.9 Å². The lowest BCUT2D eigenvalue weighted by Gasteiger charge is -2.09. The van der Waals surface area contributed by atoms with Crippen molar-refractivity contribution in [2.45, 2.75) is 13.3 Å². The Morgan fingerprint density at radius 3 is 2.50 bits per heavy atom. The first kappa shape index (κ1) is 19.8. The van der Waals surface area contributed by atoms with E-state index in [0.717, 1.165) is 17.7 Å². The maximum absolute atomic E-state index is 11.9. The average Bonchev–Trinajstić information content (AvgIpc) is 2.69. The molecule has 1 N–H and O–H groups in total. The van der Waals surface area contributed by atoms with E-state index in [0.29, 0.717) is 23.0 Å². The van der Waals surface area contributed by atoms with Gasteiger partial charge in [0.25, 0.3) is 0 Å². The van der Waals surface area contributed by atoms with Crippen LogP contribution in [-0.4, -0.2) is 37.3 Å². The molecule has 0 spiro atoms. The van der Waals surface area contributed by atoms with Gasteiger partial charge < -0.3 is 9.47 Å². The van der Waals surface area contributed by atoms with Crippen molar-refractivity contribution in [3.05, 3.63) is 59.7 Å². The third kappa shape index (κ3) is 6.11. The standard InChI is InChI=1S/C20H24N2O3S/c1-15(17-9-10-18(24-2)19(13-17)25-3)21-22-20(23)14-26-12-11-16-7-5-4-6-8-16/h4-10,13H,11-12,14H2,1-3H3,(H,22,23)/b21-15-. The third-order valence-electron chi connectivity index (χ3n) is 3.76. The monoisotopic (exact) mass is 372 g/mol. The summed E-state index contributed by atoms with van der Waals surface area (Å²) in [7, 11) is 3.18. The van der Waals surface area contributed by atoms with Crippen LogP contribution in [0, 0.1) is 0 Å². The topological polar surface area (TPSA) is 59.9 Å². The zero-order valence-corrected chi connectivity index (χ0v) is 16.1. The number of hydrazone groups is 1. The van der Waals surface area contributed by atoms with Crippen LogP contribution in [0.1, 0.15) is 18.1 Å². The molecule has 0 heterocycles. The second kappa shape index (κ2) is 10.5. The lowest BCUT2D eigenvalue weighted by atomic mass is 10.1. The molecule has 0 aliphatic heterocycles. The maximum Gasteiger partial charge on any atom is 0.250 e. The fourth-order valence-electron chi connectivity index (χ4n) is 2.30. The van der Waals surface area contributed by atoms with Gasteiger partial charge in [-0.3, -0.25) is 4.79 Å². The minimum absolute atomic E-state index is 0.108. The molecule has 0 radical (unpaired) electrons. The van der Waals surface area contributed by atoms with E-state index in [9.17, 15) is 4.79 Å². The summed E-state index contributed by atoms with van der Waals surface area (Å²) in [5, 5.41) is 4.17. The van der Waals surface area contributed by atoms with Crippen LogP contribution in [0.25, 0.3) is 0 Å². The molecule has 6 heteroatoms. The van der Waals surface area contributed by atoms with Crippen LogP contribution in [0.3, 0.4) is 0 Å². The fourth-order valence-corrected chi connectivity index (χ4v) is 3.08. The van der Waals surface area contributed by atoms with Gasteiger partial charge in [-0.2, -0.15) is 16.9 Å². The second-order valence-corrected chi connectivity index (χ2v) is 6.70. The minimum Gasteiger partial charge on any atom is -0.493 e. The molecular formula is C20H24N2O3S. The van der Waals surface area contributed by atoms with Crippen LogP contribution in [0.5, 0.6) is 11.5 Å². The number of rotatable bonds is 9. The molecule has 26 heavy (non-hydrogen) atoms. The Balaban J connectivity index is 1.79. The number of nitrogens with zero attached hydrogens (tertiary/aromatic N) is 1. The molecule has 0 aliphatic rings. The molecule has 0 bridgehead atoms. The predicted octanol–water partition coefficient (Wildman–Crippen LogP) is 3.52. The number of amides is 1. The number of hydrogen-bond donors (Lipinski definition) is 1. The van der Waals surface area contributed by atoms with Gasteiger partial charge in [-0.05, 0) is 42.9 Å². The molecule has 2 rings (SSSR count). The van der Waals surface area contributed by atoms with Gasteiger partial charge in [0.1, 0.15) is 0 Å². The largest absolute Gasteiger partial charge is 0.493 e. The summed E-state index contributed by atoms with van der Waals surface area (Å²) in [6.45, 7) is 1.84. The van der Waals surface area contributed by atoms with Crippen LogP contribution in [-0.2, 0) is 11.2 Å². The summed E-state index contributed by atoms with van der Waals surface area (Å²) in [5.41, 5.74) is 5.45. The van der Waals surface area contributed by atoms with E-state index in [4.69, 9.17) is 9.47 Å². The summed E-state index contributed by atoms with van der Waals surface area (Å²) >= 11 is 1.60.